The number of carbonyl (C=O) groups excluding carboxylic acids is 1. The number of nitrogens with zero attached hydrogens (tertiary/aromatic N) is 2. The molecule has 3 atom stereocenters. The Balaban J connectivity index is 1.32. The van der Waals surface area contributed by atoms with Gasteiger partial charge in [0.1, 0.15) is 6.61 Å². The molecule has 7 nitrogen and oxygen atoms in total. The zero-order valence-corrected chi connectivity index (χ0v) is 18.1. The fourth-order valence-electron chi connectivity index (χ4n) is 5.03. The van der Waals surface area contributed by atoms with E-state index >= 15 is 0 Å². The lowest BCUT2D eigenvalue weighted by molar-refractivity contribution is 0.0413. The van der Waals surface area contributed by atoms with Crippen molar-refractivity contribution in [3.8, 4) is 11.5 Å². The van der Waals surface area contributed by atoms with Crippen molar-refractivity contribution in [1.82, 2.24) is 15.1 Å². The van der Waals surface area contributed by atoms with Crippen LogP contribution in [0.1, 0.15) is 32.1 Å². The maximum atomic E-state index is 13.0. The largest absolute Gasteiger partial charge is 0.486 e. The van der Waals surface area contributed by atoms with Crippen molar-refractivity contribution in [3.63, 3.8) is 0 Å². The molecule has 2 amide bonds. The molecule has 1 N–H and O–H groups in total. The van der Waals surface area contributed by atoms with E-state index in [1.165, 1.54) is 45.2 Å². The second-order valence-corrected chi connectivity index (χ2v) is 8.62. The third-order valence-electron chi connectivity index (χ3n) is 6.58. The van der Waals surface area contributed by atoms with Crippen LogP contribution in [0.2, 0.25) is 0 Å². The Hall–Kier alpha value is -1.99. The monoisotopic (exact) mass is 417 g/mol. The molecule has 0 aromatic heterocycles. The first-order valence-corrected chi connectivity index (χ1v) is 11.4. The van der Waals surface area contributed by atoms with Crippen molar-refractivity contribution >= 4 is 6.03 Å². The summed E-state index contributed by atoms with van der Waals surface area (Å²) in [5, 5.41) is 3.07. The number of fused-ring (bicyclic) bond motifs is 2. The molecule has 166 valence electrons. The zero-order chi connectivity index (χ0) is 20.8. The summed E-state index contributed by atoms with van der Waals surface area (Å²) in [4.78, 5) is 17.6. The van der Waals surface area contributed by atoms with E-state index in [1.54, 1.807) is 7.11 Å². The van der Waals surface area contributed by atoms with Crippen molar-refractivity contribution in [2.24, 2.45) is 5.92 Å². The summed E-state index contributed by atoms with van der Waals surface area (Å²) in [6.45, 7) is 5.24. The molecule has 0 unspecified atom stereocenters. The number of amides is 2. The molecule has 4 rings (SSSR count). The van der Waals surface area contributed by atoms with Gasteiger partial charge >= 0.3 is 6.03 Å². The summed E-state index contributed by atoms with van der Waals surface area (Å²) in [7, 11) is 1.68. The first-order chi connectivity index (χ1) is 14.7. The second-order valence-electron chi connectivity index (χ2n) is 8.62. The number of urea groups is 1. The molecule has 30 heavy (non-hydrogen) atoms. The van der Waals surface area contributed by atoms with E-state index in [4.69, 9.17) is 14.2 Å². The molecule has 0 aliphatic carbocycles. The predicted octanol–water partition coefficient (Wildman–Crippen LogP) is 2.75. The Morgan fingerprint density at radius 1 is 1.20 bits per heavy atom. The predicted molar refractivity (Wildman–Crippen MR) is 115 cm³/mol. The van der Waals surface area contributed by atoms with Crippen LogP contribution in [-0.2, 0) is 4.74 Å². The number of nitrogens with one attached hydrogen (secondary N) is 1. The smallest absolute Gasteiger partial charge is 0.317 e. The first kappa shape index (κ1) is 21.2. The number of piperidine rings is 2. The van der Waals surface area contributed by atoms with Gasteiger partial charge in [-0.1, -0.05) is 18.6 Å². The van der Waals surface area contributed by atoms with Gasteiger partial charge in [0.2, 0.25) is 0 Å². The van der Waals surface area contributed by atoms with Crippen LogP contribution < -0.4 is 14.8 Å². The minimum absolute atomic E-state index is 0.0394. The van der Waals surface area contributed by atoms with Crippen molar-refractivity contribution in [2.75, 3.05) is 53.0 Å². The SMILES string of the molecule is COCCN(C[C@@H]1CCCN2CCCC[C@H]12)C(=O)NC[C@@H]1COc2ccccc2O1. The molecule has 1 aromatic carbocycles. The third-order valence-corrected chi connectivity index (χ3v) is 6.58. The number of carbonyl (C=O) groups is 1. The Labute approximate surface area is 179 Å². The molecule has 2 saturated heterocycles. The van der Waals surface area contributed by atoms with Gasteiger partial charge in [0.15, 0.2) is 17.6 Å². The highest BCUT2D eigenvalue weighted by Crippen LogP contribution is 2.32. The van der Waals surface area contributed by atoms with Crippen LogP contribution in [0.3, 0.4) is 0 Å². The van der Waals surface area contributed by atoms with E-state index in [9.17, 15) is 4.79 Å². The standard InChI is InChI=1S/C23H35N3O4/c1-28-14-13-26(16-18-7-6-12-25-11-5-4-8-20(18)25)23(27)24-15-19-17-29-21-9-2-3-10-22(21)30-19/h2-3,9-10,18-20H,4-8,11-17H2,1H3,(H,24,27)/t18-,19+,20+/m0/s1. The Kier molecular flexibility index (Phi) is 7.33. The molecule has 0 spiro atoms. The second kappa shape index (κ2) is 10.4. The average molecular weight is 418 g/mol. The van der Waals surface area contributed by atoms with Crippen LogP contribution >= 0.6 is 0 Å². The molecular weight excluding hydrogens is 382 g/mol. The molecule has 0 saturated carbocycles. The van der Waals surface area contributed by atoms with Gasteiger partial charge in [0, 0.05) is 26.2 Å². The molecule has 1 aromatic rings. The van der Waals surface area contributed by atoms with E-state index in [1.807, 2.05) is 29.2 Å². The van der Waals surface area contributed by atoms with Gasteiger partial charge in [-0.3, -0.25) is 0 Å². The van der Waals surface area contributed by atoms with Gasteiger partial charge in [-0.15, -0.1) is 0 Å². The topological polar surface area (TPSA) is 63.3 Å². The van der Waals surface area contributed by atoms with Crippen LogP contribution in [0.25, 0.3) is 0 Å². The highest BCUT2D eigenvalue weighted by atomic mass is 16.6. The normalized spacial score (nSPS) is 26.0. The van der Waals surface area contributed by atoms with Gasteiger partial charge in [0.25, 0.3) is 0 Å². The van der Waals surface area contributed by atoms with Gasteiger partial charge in [0.05, 0.1) is 13.2 Å². The van der Waals surface area contributed by atoms with Gasteiger partial charge in [-0.2, -0.15) is 0 Å². The Morgan fingerprint density at radius 2 is 2.03 bits per heavy atom. The number of para-hydroxylation sites is 2. The summed E-state index contributed by atoms with van der Waals surface area (Å²) < 4.78 is 17.0. The van der Waals surface area contributed by atoms with E-state index in [-0.39, 0.29) is 12.1 Å². The molecule has 3 aliphatic rings. The summed E-state index contributed by atoms with van der Waals surface area (Å²) in [5.74, 6) is 2.04. The number of methoxy groups -OCH3 is 1. The number of benzene rings is 1. The molecule has 3 aliphatic heterocycles. The van der Waals surface area contributed by atoms with Crippen molar-refractivity contribution in [1.29, 1.82) is 0 Å². The zero-order valence-electron chi connectivity index (χ0n) is 18.1. The number of rotatable bonds is 7. The Morgan fingerprint density at radius 3 is 2.90 bits per heavy atom. The van der Waals surface area contributed by atoms with E-state index < -0.39 is 0 Å². The number of ether oxygens (including phenoxy) is 3. The number of hydrogen-bond acceptors (Lipinski definition) is 5. The fraction of sp³-hybridized carbons (Fsp3) is 0.696. The molecule has 0 radical (unpaired) electrons. The Bertz CT molecular complexity index is 699. The molecule has 2 fully saturated rings. The van der Waals surface area contributed by atoms with E-state index in [0.29, 0.717) is 38.3 Å². The lowest BCUT2D eigenvalue weighted by Gasteiger charge is -2.45. The summed E-state index contributed by atoms with van der Waals surface area (Å²) >= 11 is 0. The molecule has 0 bridgehead atoms. The molecule has 7 heteroatoms. The van der Waals surface area contributed by atoms with Crippen molar-refractivity contribution < 1.29 is 19.0 Å². The summed E-state index contributed by atoms with van der Waals surface area (Å²) in [6.07, 6.45) is 6.13. The average Bonchev–Trinajstić information content (AvgIpc) is 2.80. The van der Waals surface area contributed by atoms with Crippen LogP contribution in [0.5, 0.6) is 11.5 Å². The van der Waals surface area contributed by atoms with Crippen LogP contribution in [-0.4, -0.2) is 81.0 Å². The summed E-state index contributed by atoms with van der Waals surface area (Å²) in [6, 6.07) is 8.23. The summed E-state index contributed by atoms with van der Waals surface area (Å²) in [5.41, 5.74) is 0. The molecular formula is C23H35N3O4. The van der Waals surface area contributed by atoms with Crippen LogP contribution in [0.4, 0.5) is 4.79 Å². The van der Waals surface area contributed by atoms with Crippen molar-refractivity contribution in [2.45, 2.75) is 44.2 Å². The lowest BCUT2D eigenvalue weighted by Crippen LogP contribution is -2.54. The van der Waals surface area contributed by atoms with Crippen molar-refractivity contribution in [3.05, 3.63) is 24.3 Å². The highest BCUT2D eigenvalue weighted by molar-refractivity contribution is 5.74. The lowest BCUT2D eigenvalue weighted by atomic mass is 9.83. The van der Waals surface area contributed by atoms with Gasteiger partial charge in [-0.05, 0) is 56.8 Å². The van der Waals surface area contributed by atoms with Gasteiger partial charge < -0.3 is 29.3 Å². The maximum Gasteiger partial charge on any atom is 0.317 e. The van der Waals surface area contributed by atoms with E-state index in [0.717, 1.165) is 18.0 Å². The maximum absolute atomic E-state index is 13.0. The van der Waals surface area contributed by atoms with Crippen LogP contribution in [0.15, 0.2) is 24.3 Å². The van der Waals surface area contributed by atoms with Crippen LogP contribution in [0, 0.1) is 5.92 Å². The minimum Gasteiger partial charge on any atom is -0.486 e. The first-order valence-electron chi connectivity index (χ1n) is 11.4. The fourth-order valence-corrected chi connectivity index (χ4v) is 5.03. The highest BCUT2D eigenvalue weighted by Gasteiger charge is 2.34. The number of hydrogen-bond donors (Lipinski definition) is 1. The van der Waals surface area contributed by atoms with Gasteiger partial charge in [-0.25, -0.2) is 4.79 Å². The third kappa shape index (κ3) is 5.19. The molecule has 3 heterocycles. The quantitative estimate of drug-likeness (QED) is 0.739. The van der Waals surface area contributed by atoms with E-state index in [2.05, 4.69) is 10.2 Å². The minimum atomic E-state index is -0.184.